The quantitative estimate of drug-likeness (QED) is 0.292. The molecule has 0 aromatic rings. The summed E-state index contributed by atoms with van der Waals surface area (Å²) in [6, 6.07) is 0. The Balaban J connectivity index is 0. The van der Waals surface area contributed by atoms with Crippen molar-refractivity contribution in [2.45, 2.75) is 77.6 Å². The maximum atomic E-state index is 10.7. The maximum Gasteiger partial charge on any atom is 2.00 e. The van der Waals surface area contributed by atoms with E-state index >= 15 is 0 Å². The second-order valence-electron chi connectivity index (χ2n) is 5.21. The Morgan fingerprint density at radius 2 is 1.24 bits per heavy atom. The third kappa shape index (κ3) is 15.7. The largest absolute Gasteiger partial charge is 2.00 e. The summed E-state index contributed by atoms with van der Waals surface area (Å²) >= 11 is 0. The summed E-state index contributed by atoms with van der Waals surface area (Å²) in [5.74, 6) is -2.89. The summed E-state index contributed by atoms with van der Waals surface area (Å²) in [4.78, 5) is 21.0. The van der Waals surface area contributed by atoms with Crippen LogP contribution in [0, 0.1) is 0 Å². The number of unbranched alkanes of at least 4 members (excludes halogenated alkanes) is 9. The first-order valence-electron chi connectivity index (χ1n) is 7.70. The van der Waals surface area contributed by atoms with Gasteiger partial charge in [-0.25, -0.2) is 0 Å². The Bertz CT molecular complexity index is 313. The normalized spacial score (nSPS) is 11.0. The molecule has 4 nitrogen and oxygen atoms in total. The van der Waals surface area contributed by atoms with Gasteiger partial charge in [0.05, 0.1) is 11.9 Å². The summed E-state index contributed by atoms with van der Waals surface area (Å²) in [7, 11) is 0. The van der Waals surface area contributed by atoms with Crippen LogP contribution in [-0.2, 0) is 9.59 Å². The molecule has 0 bridgehead atoms. The van der Waals surface area contributed by atoms with Crippen LogP contribution in [0.4, 0.5) is 0 Å². The predicted octanol–water partition coefficient (Wildman–Crippen LogP) is 1.34. The molecule has 0 aliphatic rings. The van der Waals surface area contributed by atoms with Crippen LogP contribution in [0.1, 0.15) is 77.6 Å². The monoisotopic (exact) mass is 306 g/mol. The smallest absolute Gasteiger partial charge is 0.545 e. The van der Waals surface area contributed by atoms with Crippen molar-refractivity contribution in [3.05, 3.63) is 11.6 Å². The molecule has 0 unspecified atom stereocenters. The zero-order valence-corrected chi connectivity index (χ0v) is 14.6. The van der Waals surface area contributed by atoms with Crippen LogP contribution in [0.2, 0.25) is 0 Å². The van der Waals surface area contributed by atoms with Crippen molar-refractivity contribution >= 4 is 35.0 Å². The minimum atomic E-state index is -1.48. The Labute approximate surface area is 144 Å². The van der Waals surface area contributed by atoms with Crippen LogP contribution in [0.5, 0.6) is 0 Å². The molecule has 0 amide bonds. The molecule has 0 N–H and O–H groups in total. The second kappa shape index (κ2) is 15.8. The van der Waals surface area contributed by atoms with E-state index in [0.717, 1.165) is 19.3 Å². The molecule has 0 aromatic heterocycles. The van der Waals surface area contributed by atoms with E-state index in [1.807, 2.05) is 0 Å². The van der Waals surface area contributed by atoms with Gasteiger partial charge in [-0.05, 0) is 24.5 Å². The third-order valence-electron chi connectivity index (χ3n) is 3.35. The summed E-state index contributed by atoms with van der Waals surface area (Å²) in [6.45, 7) is 2.20. The first-order chi connectivity index (χ1) is 9.57. The molecule has 0 aliphatic heterocycles. The van der Waals surface area contributed by atoms with Gasteiger partial charge < -0.3 is 19.8 Å². The first-order valence-corrected chi connectivity index (χ1v) is 7.70. The predicted molar refractivity (Wildman–Crippen MR) is 80.3 cm³/mol. The van der Waals surface area contributed by atoms with E-state index in [0.29, 0.717) is 12.5 Å². The zero-order chi connectivity index (χ0) is 15.2. The van der Waals surface area contributed by atoms with Crippen LogP contribution in [-0.4, -0.2) is 35.0 Å². The fourth-order valence-electron chi connectivity index (χ4n) is 2.18. The SMILES string of the molecule is CCCCCCCCCCCC/C(=C/C(=O)[O-])C(=O)[O-].[Mg+2]. The van der Waals surface area contributed by atoms with Gasteiger partial charge in [0.1, 0.15) is 0 Å². The van der Waals surface area contributed by atoms with Crippen LogP contribution in [0.15, 0.2) is 11.6 Å². The molecule has 0 rings (SSSR count). The van der Waals surface area contributed by atoms with Crippen molar-refractivity contribution in [3.63, 3.8) is 0 Å². The van der Waals surface area contributed by atoms with E-state index in [2.05, 4.69) is 6.92 Å². The summed E-state index contributed by atoms with van der Waals surface area (Å²) in [6.07, 6.45) is 12.4. The molecule has 0 atom stereocenters. The molecule has 5 heteroatoms. The number of carboxylic acid groups (broad SMARTS) is 2. The van der Waals surface area contributed by atoms with Gasteiger partial charge in [0.2, 0.25) is 0 Å². The van der Waals surface area contributed by atoms with Crippen molar-refractivity contribution in [1.29, 1.82) is 0 Å². The number of rotatable bonds is 13. The van der Waals surface area contributed by atoms with E-state index in [9.17, 15) is 19.8 Å². The molecule has 116 valence electrons. The van der Waals surface area contributed by atoms with Crippen molar-refractivity contribution in [2.24, 2.45) is 0 Å². The molecule has 0 heterocycles. The maximum absolute atomic E-state index is 10.7. The zero-order valence-electron chi connectivity index (χ0n) is 13.2. The molecular weight excluding hydrogens is 280 g/mol. The Morgan fingerprint density at radius 1 is 0.810 bits per heavy atom. The topological polar surface area (TPSA) is 80.3 Å². The number of carbonyl (C=O) groups excluding carboxylic acids is 2. The van der Waals surface area contributed by atoms with Gasteiger partial charge in [-0.15, -0.1) is 0 Å². The molecule has 0 radical (unpaired) electrons. The standard InChI is InChI=1S/C16H28O4.Mg/c1-2-3-4-5-6-7-8-9-10-11-12-14(16(19)20)13-15(17)18;/h13H,2-12H2,1H3,(H,17,18)(H,19,20);/q;+2/p-2/b14-13-;. The molecular formula is C16H26MgO4. The minimum Gasteiger partial charge on any atom is -0.545 e. The summed E-state index contributed by atoms with van der Waals surface area (Å²) in [5, 5.41) is 21.0. The van der Waals surface area contributed by atoms with Gasteiger partial charge in [0.25, 0.3) is 0 Å². The van der Waals surface area contributed by atoms with Crippen molar-refractivity contribution in [3.8, 4) is 0 Å². The van der Waals surface area contributed by atoms with Crippen LogP contribution in [0.3, 0.4) is 0 Å². The number of hydrogen-bond acceptors (Lipinski definition) is 4. The van der Waals surface area contributed by atoms with Crippen LogP contribution < -0.4 is 10.2 Å². The second-order valence-corrected chi connectivity index (χ2v) is 5.21. The van der Waals surface area contributed by atoms with Gasteiger partial charge in [-0.1, -0.05) is 64.7 Å². The van der Waals surface area contributed by atoms with E-state index in [1.54, 1.807) is 0 Å². The molecule has 0 fully saturated rings. The molecule has 0 aliphatic carbocycles. The average molecular weight is 307 g/mol. The summed E-state index contributed by atoms with van der Waals surface area (Å²) < 4.78 is 0. The Kier molecular flexibility index (Phi) is 17.1. The fraction of sp³-hybridized carbons (Fsp3) is 0.750. The Morgan fingerprint density at radius 3 is 1.62 bits per heavy atom. The Hall–Kier alpha value is -0.554. The van der Waals surface area contributed by atoms with Crippen molar-refractivity contribution in [2.75, 3.05) is 0 Å². The number of carboxylic acids is 2. The van der Waals surface area contributed by atoms with Gasteiger partial charge in [0, 0.05) is 0 Å². The fourth-order valence-corrected chi connectivity index (χ4v) is 2.18. The summed E-state index contributed by atoms with van der Waals surface area (Å²) in [5.41, 5.74) is -0.176. The molecule has 0 spiro atoms. The molecule has 0 aromatic carbocycles. The number of hydrogen-bond donors (Lipinski definition) is 0. The van der Waals surface area contributed by atoms with Gasteiger partial charge >= 0.3 is 23.1 Å². The van der Waals surface area contributed by atoms with Crippen LogP contribution in [0.25, 0.3) is 0 Å². The average Bonchev–Trinajstić information content (AvgIpc) is 2.39. The number of aliphatic carboxylic acids is 2. The van der Waals surface area contributed by atoms with Crippen molar-refractivity contribution < 1.29 is 19.8 Å². The van der Waals surface area contributed by atoms with E-state index < -0.39 is 11.9 Å². The minimum absolute atomic E-state index is 0. The van der Waals surface area contributed by atoms with E-state index in [1.165, 1.54) is 38.5 Å². The van der Waals surface area contributed by atoms with Crippen LogP contribution >= 0.6 is 0 Å². The first kappa shape index (κ1) is 22.7. The van der Waals surface area contributed by atoms with E-state index in [-0.39, 0.29) is 35.0 Å². The third-order valence-corrected chi connectivity index (χ3v) is 3.35. The molecule has 0 saturated carbocycles. The van der Waals surface area contributed by atoms with Gasteiger partial charge in [-0.2, -0.15) is 0 Å². The van der Waals surface area contributed by atoms with Crippen molar-refractivity contribution in [1.82, 2.24) is 0 Å². The van der Waals surface area contributed by atoms with E-state index in [4.69, 9.17) is 0 Å². The molecule has 21 heavy (non-hydrogen) atoms. The number of carbonyl (C=O) groups is 2. The van der Waals surface area contributed by atoms with Gasteiger partial charge in [0.15, 0.2) is 0 Å². The molecule has 0 saturated heterocycles. The van der Waals surface area contributed by atoms with Gasteiger partial charge in [-0.3, -0.25) is 0 Å².